The highest BCUT2D eigenvalue weighted by Gasteiger charge is 2.15. The fourth-order valence-corrected chi connectivity index (χ4v) is 5.10. The topological polar surface area (TPSA) is 112 Å². The molecule has 2 aromatic carbocycles. The summed E-state index contributed by atoms with van der Waals surface area (Å²) in [7, 11) is 0. The molecule has 3 aromatic heterocycles. The molecule has 0 radical (unpaired) electrons. The van der Waals surface area contributed by atoms with Crippen molar-refractivity contribution in [2.24, 2.45) is 5.73 Å². The van der Waals surface area contributed by atoms with Gasteiger partial charge in [-0.25, -0.2) is 4.98 Å². The molecular formula is C32H27Cl2N5O3. The molecule has 0 aliphatic heterocycles. The van der Waals surface area contributed by atoms with Crippen LogP contribution in [0.2, 0.25) is 10.0 Å². The van der Waals surface area contributed by atoms with Crippen LogP contribution in [0.25, 0.3) is 22.7 Å². The van der Waals surface area contributed by atoms with Gasteiger partial charge in [-0.1, -0.05) is 47.5 Å². The minimum Gasteiger partial charge on any atom is -0.491 e. The number of pyridine rings is 2. The van der Waals surface area contributed by atoms with Gasteiger partial charge in [0.1, 0.15) is 17.0 Å². The maximum Gasteiger partial charge on any atom is 0.267 e. The minimum absolute atomic E-state index is 0.158. The lowest BCUT2D eigenvalue weighted by atomic mass is 10.1. The second-order valence-electron chi connectivity index (χ2n) is 9.50. The predicted molar refractivity (Wildman–Crippen MR) is 165 cm³/mol. The van der Waals surface area contributed by atoms with E-state index in [0.717, 1.165) is 33.5 Å². The van der Waals surface area contributed by atoms with Gasteiger partial charge in [0, 0.05) is 46.7 Å². The summed E-state index contributed by atoms with van der Waals surface area (Å²) in [6.07, 6.45) is 6.84. The minimum atomic E-state index is -0.610. The molecule has 0 aliphatic carbocycles. The third-order valence-corrected chi connectivity index (χ3v) is 7.38. The van der Waals surface area contributed by atoms with E-state index in [-0.39, 0.29) is 18.1 Å². The number of nitrogens with zero attached hydrogens (tertiary/aromatic N) is 3. The van der Waals surface area contributed by atoms with Gasteiger partial charge in [-0.3, -0.25) is 14.6 Å². The number of nitrogens with one attached hydrogen (secondary N) is 1. The number of hydrogen-bond donors (Lipinski definition) is 2. The molecule has 10 heteroatoms. The van der Waals surface area contributed by atoms with Crippen LogP contribution in [0.4, 0.5) is 0 Å². The summed E-state index contributed by atoms with van der Waals surface area (Å²) in [6.45, 7) is 2.57. The average molecular weight is 601 g/mol. The number of aryl methyl sites for hydroxylation is 1. The van der Waals surface area contributed by atoms with Crippen molar-refractivity contribution in [3.8, 4) is 11.4 Å². The van der Waals surface area contributed by atoms with Gasteiger partial charge in [-0.15, -0.1) is 0 Å². The first-order valence-electron chi connectivity index (χ1n) is 13.1. The fourth-order valence-electron chi connectivity index (χ4n) is 4.45. The maximum absolute atomic E-state index is 12.5. The number of amides is 2. The zero-order valence-corrected chi connectivity index (χ0v) is 24.2. The van der Waals surface area contributed by atoms with E-state index in [9.17, 15) is 9.59 Å². The number of para-hydroxylation sites is 1. The first-order valence-corrected chi connectivity index (χ1v) is 13.9. The quantitative estimate of drug-likeness (QED) is 0.189. The van der Waals surface area contributed by atoms with Gasteiger partial charge >= 0.3 is 0 Å². The molecule has 3 N–H and O–H groups in total. The van der Waals surface area contributed by atoms with Crippen molar-refractivity contribution in [1.82, 2.24) is 19.9 Å². The number of aromatic nitrogens is 3. The highest BCUT2D eigenvalue weighted by atomic mass is 35.5. The molecular weight excluding hydrogens is 573 g/mol. The van der Waals surface area contributed by atoms with Gasteiger partial charge in [0.25, 0.3) is 5.91 Å². The van der Waals surface area contributed by atoms with Crippen molar-refractivity contribution >= 4 is 52.0 Å². The number of carbonyl (C=O) groups excluding carboxylic acids is 2. The zero-order valence-electron chi connectivity index (χ0n) is 22.7. The van der Waals surface area contributed by atoms with E-state index in [1.165, 1.54) is 18.3 Å². The first-order chi connectivity index (χ1) is 20.3. The van der Waals surface area contributed by atoms with E-state index in [1.807, 2.05) is 72.3 Å². The Hall–Kier alpha value is -4.66. The van der Waals surface area contributed by atoms with Crippen molar-refractivity contribution in [1.29, 1.82) is 0 Å². The number of nitrogens with two attached hydrogens (primary N) is 1. The van der Waals surface area contributed by atoms with E-state index in [1.54, 1.807) is 12.1 Å². The Morgan fingerprint density at radius 2 is 1.90 bits per heavy atom. The summed E-state index contributed by atoms with van der Waals surface area (Å²) in [5.41, 5.74) is 10.1. The monoisotopic (exact) mass is 599 g/mol. The molecule has 3 heterocycles. The lowest BCUT2D eigenvalue weighted by molar-refractivity contribution is -0.116. The average Bonchev–Trinajstić information content (AvgIpc) is 3.45. The molecule has 0 saturated carbocycles. The number of rotatable bonds is 10. The molecule has 0 fully saturated rings. The summed E-state index contributed by atoms with van der Waals surface area (Å²) in [5.74, 6) is -0.197. The Labute approximate surface area is 252 Å². The Balaban J connectivity index is 1.25. The molecule has 5 rings (SSSR count). The number of carbonyl (C=O) groups is 2. The highest BCUT2D eigenvalue weighted by molar-refractivity contribution is 6.37. The van der Waals surface area contributed by atoms with Crippen LogP contribution in [-0.4, -0.2) is 33.0 Å². The fraction of sp³-hybridized carbons (Fsp3) is 0.125. The normalized spacial score (nSPS) is 11.2. The summed E-state index contributed by atoms with van der Waals surface area (Å²) in [5, 5.41) is 4.94. The van der Waals surface area contributed by atoms with Crippen molar-refractivity contribution in [2.75, 3.05) is 6.61 Å². The second-order valence-corrected chi connectivity index (χ2v) is 10.3. The van der Waals surface area contributed by atoms with E-state index in [0.29, 0.717) is 34.4 Å². The van der Waals surface area contributed by atoms with Crippen LogP contribution in [0, 0.1) is 6.92 Å². The van der Waals surface area contributed by atoms with E-state index in [4.69, 9.17) is 33.7 Å². The summed E-state index contributed by atoms with van der Waals surface area (Å²) >= 11 is 13.4. The number of ether oxygens (including phenoxy) is 1. The first kappa shape index (κ1) is 28.9. The molecule has 0 atom stereocenters. The van der Waals surface area contributed by atoms with Gasteiger partial charge in [0.05, 0.1) is 23.9 Å². The van der Waals surface area contributed by atoms with Crippen LogP contribution in [-0.2, 0) is 17.8 Å². The third kappa shape index (κ3) is 6.62. The molecule has 5 aromatic rings. The van der Waals surface area contributed by atoms with Crippen molar-refractivity contribution in [2.45, 2.75) is 19.9 Å². The Morgan fingerprint density at radius 1 is 1.05 bits per heavy atom. The number of halogens is 2. The lowest BCUT2D eigenvalue weighted by Gasteiger charge is -2.16. The summed E-state index contributed by atoms with van der Waals surface area (Å²) in [6, 6.07) is 20.5. The zero-order chi connectivity index (χ0) is 29.6. The lowest BCUT2D eigenvalue weighted by Crippen LogP contribution is -2.21. The number of benzene rings is 2. The van der Waals surface area contributed by atoms with Crippen LogP contribution in [0.3, 0.4) is 0 Å². The van der Waals surface area contributed by atoms with E-state index in [2.05, 4.69) is 15.3 Å². The van der Waals surface area contributed by atoms with Crippen molar-refractivity contribution < 1.29 is 14.3 Å². The molecule has 0 bridgehead atoms. The van der Waals surface area contributed by atoms with Crippen LogP contribution >= 0.6 is 23.2 Å². The highest BCUT2D eigenvalue weighted by Crippen LogP contribution is 2.32. The Bertz CT molecular complexity index is 1800. The number of hydrogen-bond acceptors (Lipinski definition) is 5. The number of primary amides is 1. The largest absolute Gasteiger partial charge is 0.491 e. The van der Waals surface area contributed by atoms with Crippen LogP contribution < -0.4 is 15.8 Å². The third-order valence-electron chi connectivity index (χ3n) is 6.60. The molecule has 42 heavy (non-hydrogen) atoms. The Morgan fingerprint density at radius 3 is 2.69 bits per heavy atom. The molecule has 0 aliphatic rings. The van der Waals surface area contributed by atoms with E-state index < -0.39 is 5.91 Å². The molecule has 2 amide bonds. The van der Waals surface area contributed by atoms with E-state index >= 15 is 0 Å². The van der Waals surface area contributed by atoms with Crippen LogP contribution in [0.5, 0.6) is 5.75 Å². The second kappa shape index (κ2) is 12.9. The Kier molecular flexibility index (Phi) is 8.85. The molecule has 0 saturated heterocycles. The predicted octanol–water partition coefficient (Wildman–Crippen LogP) is 6.09. The molecule has 8 nitrogen and oxygen atoms in total. The summed E-state index contributed by atoms with van der Waals surface area (Å²) < 4.78 is 8.03. The SMILES string of the molecule is Cc1ccc2cccc(OCCc3c(Cl)ccc(-n4cccc4CNC(=O)/C=C/c4ccc(C(N)=O)nc4)c3Cl)c2n1. The summed E-state index contributed by atoms with van der Waals surface area (Å²) in [4.78, 5) is 32.2. The van der Waals surface area contributed by atoms with Gasteiger partial charge in [-0.05, 0) is 66.6 Å². The van der Waals surface area contributed by atoms with Gasteiger partial charge in [0.15, 0.2) is 0 Å². The molecule has 0 unspecified atom stereocenters. The smallest absolute Gasteiger partial charge is 0.267 e. The van der Waals surface area contributed by atoms with Gasteiger partial charge < -0.3 is 20.4 Å². The van der Waals surface area contributed by atoms with Crippen LogP contribution in [0.1, 0.15) is 33.0 Å². The van der Waals surface area contributed by atoms with Crippen LogP contribution in [0.15, 0.2) is 85.2 Å². The number of fused-ring (bicyclic) bond motifs is 1. The maximum atomic E-state index is 12.5. The molecule has 212 valence electrons. The standard InChI is InChI=1S/C32H27Cl2N5O3/c1-20-7-10-22-4-2-6-28(31(22)38-20)42-17-15-24-25(33)11-13-27(30(24)34)39-16-3-5-23(39)19-37-29(40)14-9-21-8-12-26(32(35)41)36-18-21/h2-14,16,18H,15,17,19H2,1H3,(H2,35,41)(H,37,40)/b14-9+. The van der Waals surface area contributed by atoms with Crippen molar-refractivity contribution in [3.05, 3.63) is 123 Å². The van der Waals surface area contributed by atoms with Gasteiger partial charge in [-0.2, -0.15) is 0 Å². The molecule has 0 spiro atoms. The van der Waals surface area contributed by atoms with Gasteiger partial charge in [0.2, 0.25) is 5.91 Å². The van der Waals surface area contributed by atoms with Crippen molar-refractivity contribution in [3.63, 3.8) is 0 Å².